The summed E-state index contributed by atoms with van der Waals surface area (Å²) >= 11 is 13.4. The van der Waals surface area contributed by atoms with Crippen molar-refractivity contribution in [3.63, 3.8) is 0 Å². The number of carbonyl (C=O) groups is 1. The number of esters is 1. The number of allylic oxidation sites excluding steroid dienone is 1. The van der Waals surface area contributed by atoms with Gasteiger partial charge in [0.05, 0.1) is 52.7 Å². The van der Waals surface area contributed by atoms with Gasteiger partial charge in [0.25, 0.3) is 5.56 Å². The second-order valence-corrected chi connectivity index (χ2v) is 10.6. The standard InChI is InChI=1S/C29H24Cl2N2O6S/c1-5-38-28(35)25-15(2)32-29-33(26(25)17-7-10-22(36-3)23(13-17)37-4)27(34)24(40-29)14-18-8-11-21(39-18)16-6-9-19(30)20(31)12-16/h6-14,26H,5H2,1-4H3/b24-14-/t26-/m0/s1. The van der Waals surface area contributed by atoms with Crippen LogP contribution in [0.1, 0.15) is 31.2 Å². The van der Waals surface area contributed by atoms with Crippen LogP contribution in [0.3, 0.4) is 0 Å². The fourth-order valence-corrected chi connectivity index (χ4v) is 5.82. The zero-order chi connectivity index (χ0) is 28.6. The van der Waals surface area contributed by atoms with E-state index in [1.54, 1.807) is 68.5 Å². The minimum Gasteiger partial charge on any atom is -0.493 e. The van der Waals surface area contributed by atoms with Crippen LogP contribution in [0.4, 0.5) is 0 Å². The van der Waals surface area contributed by atoms with E-state index in [9.17, 15) is 9.59 Å². The van der Waals surface area contributed by atoms with Gasteiger partial charge >= 0.3 is 5.97 Å². The number of thiazole rings is 1. The van der Waals surface area contributed by atoms with Gasteiger partial charge in [-0.05, 0) is 61.9 Å². The minimum absolute atomic E-state index is 0.179. The van der Waals surface area contributed by atoms with Gasteiger partial charge in [-0.1, -0.05) is 40.6 Å². The van der Waals surface area contributed by atoms with E-state index in [0.29, 0.717) is 53.7 Å². The Hall–Kier alpha value is -3.79. The molecule has 1 aliphatic heterocycles. The molecule has 4 aromatic rings. The second-order valence-electron chi connectivity index (χ2n) is 8.75. The largest absolute Gasteiger partial charge is 0.493 e. The van der Waals surface area contributed by atoms with E-state index in [0.717, 1.165) is 5.56 Å². The van der Waals surface area contributed by atoms with Gasteiger partial charge < -0.3 is 18.6 Å². The molecule has 5 rings (SSSR count). The summed E-state index contributed by atoms with van der Waals surface area (Å²) in [6.45, 7) is 3.63. The van der Waals surface area contributed by atoms with Crippen LogP contribution in [-0.2, 0) is 9.53 Å². The predicted molar refractivity (Wildman–Crippen MR) is 154 cm³/mol. The molecule has 0 spiro atoms. The van der Waals surface area contributed by atoms with E-state index in [4.69, 9.17) is 41.8 Å². The number of fused-ring (bicyclic) bond motifs is 1. The lowest BCUT2D eigenvalue weighted by Crippen LogP contribution is -2.39. The molecule has 0 fully saturated rings. The van der Waals surface area contributed by atoms with Crippen LogP contribution < -0.4 is 24.4 Å². The van der Waals surface area contributed by atoms with Crippen LogP contribution in [-0.4, -0.2) is 31.4 Å². The summed E-state index contributed by atoms with van der Waals surface area (Å²) in [7, 11) is 3.06. The molecule has 0 radical (unpaired) electrons. The Morgan fingerprint density at radius 2 is 1.85 bits per heavy atom. The van der Waals surface area contributed by atoms with Gasteiger partial charge in [-0.3, -0.25) is 9.36 Å². The lowest BCUT2D eigenvalue weighted by Gasteiger charge is -2.25. The summed E-state index contributed by atoms with van der Waals surface area (Å²) in [4.78, 5) is 32.0. The van der Waals surface area contributed by atoms with Crippen LogP contribution in [0, 0.1) is 0 Å². The molecule has 2 aromatic carbocycles. The molecule has 206 valence electrons. The summed E-state index contributed by atoms with van der Waals surface area (Å²) in [5.41, 5.74) is 1.80. The van der Waals surface area contributed by atoms with Crippen molar-refractivity contribution in [1.82, 2.24) is 4.57 Å². The number of furan rings is 1. The van der Waals surface area contributed by atoms with Gasteiger partial charge in [0.2, 0.25) is 0 Å². The monoisotopic (exact) mass is 598 g/mol. The molecule has 0 unspecified atom stereocenters. The van der Waals surface area contributed by atoms with E-state index in [2.05, 4.69) is 4.99 Å². The fraction of sp³-hybridized carbons (Fsp3) is 0.207. The molecule has 8 nitrogen and oxygen atoms in total. The van der Waals surface area contributed by atoms with Crippen molar-refractivity contribution < 1.29 is 23.4 Å². The number of ether oxygens (including phenoxy) is 3. The van der Waals surface area contributed by atoms with Crippen molar-refractivity contribution in [3.05, 3.63) is 101 Å². The van der Waals surface area contributed by atoms with Gasteiger partial charge in [-0.15, -0.1) is 0 Å². The quantitative estimate of drug-likeness (QED) is 0.265. The van der Waals surface area contributed by atoms with Crippen molar-refractivity contribution in [1.29, 1.82) is 0 Å². The first-order valence-corrected chi connectivity index (χ1v) is 13.8. The highest BCUT2D eigenvalue weighted by Gasteiger charge is 2.34. The van der Waals surface area contributed by atoms with Crippen LogP contribution in [0.15, 0.2) is 74.0 Å². The molecular formula is C29H24Cl2N2O6S. The number of nitrogens with zero attached hydrogens (tertiary/aromatic N) is 2. The lowest BCUT2D eigenvalue weighted by molar-refractivity contribution is -0.139. The highest BCUT2D eigenvalue weighted by Crippen LogP contribution is 2.36. The molecule has 1 aliphatic rings. The Morgan fingerprint density at radius 3 is 2.55 bits per heavy atom. The molecule has 40 heavy (non-hydrogen) atoms. The Balaban J connectivity index is 1.65. The van der Waals surface area contributed by atoms with E-state index in [1.165, 1.54) is 30.1 Å². The SMILES string of the molecule is CCOC(=O)C1=C(C)N=c2s/c(=C\c3ccc(-c4ccc(Cl)c(Cl)c4)o3)c(=O)n2[C@H]1c1ccc(OC)c(OC)c1. The van der Waals surface area contributed by atoms with Crippen LogP contribution >= 0.6 is 34.5 Å². The topological polar surface area (TPSA) is 92.3 Å². The molecule has 0 saturated carbocycles. The third-order valence-electron chi connectivity index (χ3n) is 6.34. The smallest absolute Gasteiger partial charge is 0.338 e. The molecule has 0 saturated heterocycles. The Morgan fingerprint density at radius 1 is 1.07 bits per heavy atom. The van der Waals surface area contributed by atoms with Gasteiger partial charge in [0.15, 0.2) is 16.3 Å². The van der Waals surface area contributed by atoms with Gasteiger partial charge in [0.1, 0.15) is 11.5 Å². The third kappa shape index (κ3) is 5.08. The predicted octanol–water partition coefficient (Wildman–Crippen LogP) is 5.38. The normalized spacial score (nSPS) is 15.1. The Kier molecular flexibility index (Phi) is 7.89. The number of carbonyl (C=O) groups excluding carboxylic acids is 1. The molecule has 2 aromatic heterocycles. The van der Waals surface area contributed by atoms with Crippen LogP contribution in [0.25, 0.3) is 17.4 Å². The second kappa shape index (κ2) is 11.4. The van der Waals surface area contributed by atoms with E-state index in [-0.39, 0.29) is 17.7 Å². The average molecular weight is 599 g/mol. The number of methoxy groups -OCH3 is 2. The number of halogens is 2. The molecular weight excluding hydrogens is 575 g/mol. The molecule has 3 heterocycles. The summed E-state index contributed by atoms with van der Waals surface area (Å²) in [6.07, 6.45) is 1.65. The maximum Gasteiger partial charge on any atom is 0.338 e. The molecule has 0 N–H and O–H groups in total. The van der Waals surface area contributed by atoms with Crippen molar-refractivity contribution in [3.8, 4) is 22.8 Å². The zero-order valence-electron chi connectivity index (χ0n) is 22.0. The first kappa shape index (κ1) is 27.8. The fourth-order valence-electron chi connectivity index (χ4n) is 4.49. The lowest BCUT2D eigenvalue weighted by atomic mass is 9.95. The average Bonchev–Trinajstić information content (AvgIpc) is 3.53. The van der Waals surface area contributed by atoms with Crippen LogP contribution in [0.5, 0.6) is 11.5 Å². The molecule has 0 bridgehead atoms. The Bertz CT molecular complexity index is 1840. The number of benzene rings is 2. The van der Waals surface area contributed by atoms with Gasteiger partial charge in [-0.2, -0.15) is 0 Å². The minimum atomic E-state index is -0.791. The summed E-state index contributed by atoms with van der Waals surface area (Å²) in [6, 6.07) is 13.2. The first-order valence-electron chi connectivity index (χ1n) is 12.2. The van der Waals surface area contributed by atoms with Crippen molar-refractivity contribution >= 4 is 46.6 Å². The maximum absolute atomic E-state index is 13.8. The zero-order valence-corrected chi connectivity index (χ0v) is 24.3. The van der Waals surface area contributed by atoms with Crippen molar-refractivity contribution in [2.75, 3.05) is 20.8 Å². The maximum atomic E-state index is 13.8. The summed E-state index contributed by atoms with van der Waals surface area (Å²) in [5, 5.41) is 0.855. The summed E-state index contributed by atoms with van der Waals surface area (Å²) < 4.78 is 24.1. The van der Waals surface area contributed by atoms with E-state index < -0.39 is 12.0 Å². The van der Waals surface area contributed by atoms with Crippen molar-refractivity contribution in [2.45, 2.75) is 19.9 Å². The van der Waals surface area contributed by atoms with Crippen molar-refractivity contribution in [2.24, 2.45) is 4.99 Å². The number of aromatic nitrogens is 1. The third-order valence-corrected chi connectivity index (χ3v) is 8.07. The first-order chi connectivity index (χ1) is 19.2. The Labute approximate surface area is 243 Å². The van der Waals surface area contributed by atoms with Gasteiger partial charge in [0, 0.05) is 11.6 Å². The molecule has 0 amide bonds. The van der Waals surface area contributed by atoms with Crippen LogP contribution in [0.2, 0.25) is 10.0 Å². The summed E-state index contributed by atoms with van der Waals surface area (Å²) in [5.74, 6) is 1.48. The number of hydrogen-bond donors (Lipinski definition) is 0. The molecule has 1 atom stereocenters. The van der Waals surface area contributed by atoms with E-state index >= 15 is 0 Å². The number of hydrogen-bond acceptors (Lipinski definition) is 8. The highest BCUT2D eigenvalue weighted by atomic mass is 35.5. The van der Waals surface area contributed by atoms with Gasteiger partial charge in [-0.25, -0.2) is 9.79 Å². The molecule has 11 heteroatoms. The molecule has 0 aliphatic carbocycles. The number of rotatable bonds is 7. The van der Waals surface area contributed by atoms with E-state index in [1.807, 2.05) is 0 Å². The highest BCUT2D eigenvalue weighted by molar-refractivity contribution is 7.07.